The van der Waals surface area contributed by atoms with Gasteiger partial charge in [-0.25, -0.2) is 4.79 Å². The number of amides is 2. The molecule has 8 atom stereocenters. The van der Waals surface area contributed by atoms with E-state index >= 15 is 0 Å². The molecule has 4 bridgehead atoms. The van der Waals surface area contributed by atoms with E-state index in [0.29, 0.717) is 0 Å². The zero-order valence-electron chi connectivity index (χ0n) is 14.9. The highest BCUT2D eigenvalue weighted by molar-refractivity contribution is 5.76. The molecule has 6 rings (SSSR count). The molecule has 0 spiro atoms. The van der Waals surface area contributed by atoms with Gasteiger partial charge in [0, 0.05) is 11.1 Å². The standard InChI is InChI=1S/C21H32N2O/c24-19(22-20-9-1-3-17(20)13-5-7-15(20)11-13)23-21-10-2-4-18(21)14-6-8-16(21)12-14/h13-18H,1-12H2,(H2,22,23,24)/t13-,14+,15-,16+,17-,18-,20+,21-/m1/s1. The number of hydrogen-bond acceptors (Lipinski definition) is 1. The smallest absolute Gasteiger partial charge is 0.315 e. The van der Waals surface area contributed by atoms with E-state index in [0.717, 1.165) is 35.5 Å². The van der Waals surface area contributed by atoms with Gasteiger partial charge < -0.3 is 10.6 Å². The van der Waals surface area contributed by atoms with Crippen LogP contribution in [-0.4, -0.2) is 17.1 Å². The third-order valence-corrected chi connectivity index (χ3v) is 9.77. The number of nitrogens with one attached hydrogen (secondary N) is 2. The molecule has 0 radical (unpaired) electrons. The topological polar surface area (TPSA) is 41.1 Å². The summed E-state index contributed by atoms with van der Waals surface area (Å²) in [6.07, 6.45) is 16.2. The van der Waals surface area contributed by atoms with Crippen molar-refractivity contribution in [1.29, 1.82) is 0 Å². The van der Waals surface area contributed by atoms with Crippen molar-refractivity contribution in [1.82, 2.24) is 10.6 Å². The summed E-state index contributed by atoms with van der Waals surface area (Å²) in [6, 6.07) is 0.203. The number of carbonyl (C=O) groups excluding carboxylic acids is 1. The van der Waals surface area contributed by atoms with Crippen LogP contribution in [-0.2, 0) is 0 Å². The Bertz CT molecular complexity index is 528. The van der Waals surface area contributed by atoms with Crippen LogP contribution in [0.15, 0.2) is 0 Å². The van der Waals surface area contributed by atoms with Gasteiger partial charge in [-0.15, -0.1) is 0 Å². The second-order valence-corrected chi connectivity index (χ2v) is 10.2. The van der Waals surface area contributed by atoms with Gasteiger partial charge in [0.15, 0.2) is 0 Å². The molecule has 0 aliphatic heterocycles. The van der Waals surface area contributed by atoms with Gasteiger partial charge in [0.2, 0.25) is 0 Å². The SMILES string of the molecule is O=C(N[C@]12CCC[C@@H]1[C@@H]1CC[C@@H]2C1)N[C@@]12CCC[C@@H]1[C@H]1CC[C@H]2C1. The minimum absolute atomic E-state index is 0.176. The minimum atomic E-state index is 0.176. The first-order valence-corrected chi connectivity index (χ1v) is 10.8. The highest BCUT2D eigenvalue weighted by atomic mass is 16.2. The van der Waals surface area contributed by atoms with Gasteiger partial charge in [-0.05, 0) is 99.7 Å². The second-order valence-electron chi connectivity index (χ2n) is 10.2. The third-order valence-electron chi connectivity index (χ3n) is 9.77. The van der Waals surface area contributed by atoms with Gasteiger partial charge in [0.25, 0.3) is 0 Å². The summed E-state index contributed by atoms with van der Waals surface area (Å²) in [5, 5.41) is 7.26. The molecule has 6 aliphatic rings. The number of rotatable bonds is 2. The van der Waals surface area contributed by atoms with E-state index in [4.69, 9.17) is 0 Å². The lowest BCUT2D eigenvalue weighted by molar-refractivity contribution is 0.131. The first kappa shape index (κ1) is 14.4. The van der Waals surface area contributed by atoms with Crippen molar-refractivity contribution in [3.8, 4) is 0 Å². The van der Waals surface area contributed by atoms with Crippen molar-refractivity contribution in [2.75, 3.05) is 0 Å². The molecule has 0 aromatic heterocycles. The number of carbonyl (C=O) groups is 1. The van der Waals surface area contributed by atoms with E-state index in [9.17, 15) is 4.79 Å². The molecular weight excluding hydrogens is 296 g/mol. The number of urea groups is 1. The van der Waals surface area contributed by atoms with Crippen LogP contribution in [0.1, 0.15) is 77.0 Å². The van der Waals surface area contributed by atoms with Gasteiger partial charge in [0.1, 0.15) is 0 Å². The first-order valence-electron chi connectivity index (χ1n) is 10.8. The van der Waals surface area contributed by atoms with Crippen LogP contribution < -0.4 is 10.6 Å². The molecule has 2 amide bonds. The highest BCUT2D eigenvalue weighted by Gasteiger charge is 2.63. The maximum absolute atomic E-state index is 13.2. The lowest BCUT2D eigenvalue weighted by Gasteiger charge is -2.44. The summed E-state index contributed by atoms with van der Waals surface area (Å²) in [5.74, 6) is 4.96. The normalized spacial score (nSPS) is 56.5. The lowest BCUT2D eigenvalue weighted by atomic mass is 9.74. The zero-order chi connectivity index (χ0) is 15.9. The molecule has 24 heavy (non-hydrogen) atoms. The summed E-state index contributed by atoms with van der Waals surface area (Å²) in [7, 11) is 0. The van der Waals surface area contributed by atoms with Gasteiger partial charge in [0.05, 0.1) is 0 Å². The largest absolute Gasteiger partial charge is 0.332 e. The molecule has 132 valence electrons. The molecule has 6 fully saturated rings. The van der Waals surface area contributed by atoms with E-state index in [1.807, 2.05) is 0 Å². The van der Waals surface area contributed by atoms with Crippen LogP contribution in [0.4, 0.5) is 4.79 Å². The van der Waals surface area contributed by atoms with Crippen molar-refractivity contribution < 1.29 is 4.79 Å². The Balaban J connectivity index is 1.23. The van der Waals surface area contributed by atoms with Gasteiger partial charge >= 0.3 is 6.03 Å². The fourth-order valence-corrected chi connectivity index (χ4v) is 9.11. The summed E-state index contributed by atoms with van der Waals surface area (Å²) in [6.45, 7) is 0. The molecule has 6 aliphatic carbocycles. The molecule has 0 heterocycles. The molecule has 0 aromatic rings. The Hall–Kier alpha value is -0.730. The average molecular weight is 329 g/mol. The molecule has 0 aromatic carbocycles. The van der Waals surface area contributed by atoms with Crippen molar-refractivity contribution in [2.45, 2.75) is 88.1 Å². The Kier molecular flexibility index (Phi) is 2.83. The van der Waals surface area contributed by atoms with Crippen LogP contribution in [0.25, 0.3) is 0 Å². The van der Waals surface area contributed by atoms with E-state index in [1.54, 1.807) is 0 Å². The molecule has 2 N–H and O–H groups in total. The molecule has 3 nitrogen and oxygen atoms in total. The van der Waals surface area contributed by atoms with Crippen LogP contribution in [0, 0.1) is 35.5 Å². The van der Waals surface area contributed by atoms with E-state index in [2.05, 4.69) is 10.6 Å². The van der Waals surface area contributed by atoms with Crippen LogP contribution in [0.3, 0.4) is 0 Å². The van der Waals surface area contributed by atoms with Gasteiger partial charge in [-0.2, -0.15) is 0 Å². The molecule has 6 saturated carbocycles. The average Bonchev–Trinajstić information content (AvgIpc) is 3.34. The fourth-order valence-electron chi connectivity index (χ4n) is 9.11. The van der Waals surface area contributed by atoms with Crippen molar-refractivity contribution in [3.05, 3.63) is 0 Å². The molecule has 0 unspecified atom stereocenters. The van der Waals surface area contributed by atoms with Crippen LogP contribution in [0.2, 0.25) is 0 Å². The maximum atomic E-state index is 13.2. The Morgan fingerprint density at radius 3 is 1.71 bits per heavy atom. The number of fused-ring (bicyclic) bond motifs is 10. The van der Waals surface area contributed by atoms with Crippen LogP contribution in [0.5, 0.6) is 0 Å². The summed E-state index contributed by atoms with van der Waals surface area (Å²) >= 11 is 0. The fraction of sp³-hybridized carbons (Fsp3) is 0.952. The highest BCUT2D eigenvalue weighted by Crippen LogP contribution is 2.62. The summed E-state index contributed by atoms with van der Waals surface area (Å²) in [4.78, 5) is 13.2. The Morgan fingerprint density at radius 2 is 1.21 bits per heavy atom. The quantitative estimate of drug-likeness (QED) is 0.783. The first-order chi connectivity index (χ1) is 11.7. The monoisotopic (exact) mass is 328 g/mol. The Morgan fingerprint density at radius 1 is 0.708 bits per heavy atom. The zero-order valence-corrected chi connectivity index (χ0v) is 14.9. The third kappa shape index (κ3) is 1.63. The lowest BCUT2D eigenvalue weighted by Crippen LogP contribution is -2.63. The van der Waals surface area contributed by atoms with Crippen molar-refractivity contribution in [2.24, 2.45) is 35.5 Å². The molecule has 3 heteroatoms. The summed E-state index contributed by atoms with van der Waals surface area (Å²) in [5.41, 5.74) is 0.352. The second kappa shape index (κ2) is 4.71. The predicted octanol–water partition coefficient (Wildman–Crippen LogP) is 4.22. The van der Waals surface area contributed by atoms with E-state index < -0.39 is 0 Å². The minimum Gasteiger partial charge on any atom is -0.332 e. The maximum Gasteiger partial charge on any atom is 0.315 e. The summed E-state index contributed by atoms with van der Waals surface area (Å²) < 4.78 is 0. The van der Waals surface area contributed by atoms with Crippen molar-refractivity contribution in [3.63, 3.8) is 0 Å². The van der Waals surface area contributed by atoms with E-state index in [-0.39, 0.29) is 17.1 Å². The molecular formula is C21H32N2O. The Labute approximate surface area is 145 Å². The van der Waals surface area contributed by atoms with Crippen LogP contribution >= 0.6 is 0 Å². The number of hydrogen-bond donors (Lipinski definition) is 2. The van der Waals surface area contributed by atoms with E-state index in [1.165, 1.54) is 77.0 Å². The molecule has 0 saturated heterocycles. The van der Waals surface area contributed by atoms with Crippen molar-refractivity contribution >= 4 is 6.03 Å². The van der Waals surface area contributed by atoms with Gasteiger partial charge in [-0.3, -0.25) is 0 Å². The predicted molar refractivity (Wildman–Crippen MR) is 93.5 cm³/mol. The van der Waals surface area contributed by atoms with Gasteiger partial charge in [-0.1, -0.05) is 12.8 Å².